The van der Waals surface area contributed by atoms with Gasteiger partial charge in [0.15, 0.2) is 5.11 Å². The molecule has 2 aromatic carbocycles. The van der Waals surface area contributed by atoms with Crippen molar-refractivity contribution in [1.82, 2.24) is 5.32 Å². The van der Waals surface area contributed by atoms with Crippen molar-refractivity contribution >= 4 is 56.4 Å². The third-order valence-corrected chi connectivity index (χ3v) is 4.77. The minimum Gasteiger partial charge on any atom is -0.490 e. The summed E-state index contributed by atoms with van der Waals surface area (Å²) in [7, 11) is 3.30. The number of ether oxygens (including phenoxy) is 2. The van der Waals surface area contributed by atoms with Gasteiger partial charge in [0.2, 0.25) is 5.91 Å². The SMILES string of the molecule is COCCOc1ccc(C(=O)NC(=S)Nc2ccc(N(C)C(C)=O)cc2)cc1Br. The van der Waals surface area contributed by atoms with Crippen LogP contribution in [0.5, 0.6) is 5.75 Å². The normalized spacial score (nSPS) is 10.2. The molecule has 154 valence electrons. The van der Waals surface area contributed by atoms with E-state index in [9.17, 15) is 9.59 Å². The predicted molar refractivity (Wildman–Crippen MR) is 121 cm³/mol. The zero-order chi connectivity index (χ0) is 21.4. The van der Waals surface area contributed by atoms with Crippen molar-refractivity contribution < 1.29 is 19.1 Å². The van der Waals surface area contributed by atoms with E-state index in [-0.39, 0.29) is 16.9 Å². The molecule has 29 heavy (non-hydrogen) atoms. The van der Waals surface area contributed by atoms with Crippen LogP contribution in [0.1, 0.15) is 17.3 Å². The van der Waals surface area contributed by atoms with Crippen LogP contribution in [0.25, 0.3) is 0 Å². The van der Waals surface area contributed by atoms with Gasteiger partial charge in [0.05, 0.1) is 11.1 Å². The molecule has 0 bridgehead atoms. The van der Waals surface area contributed by atoms with Crippen molar-refractivity contribution in [3.63, 3.8) is 0 Å². The molecule has 0 aliphatic carbocycles. The Bertz CT molecular complexity index is 890. The van der Waals surface area contributed by atoms with Gasteiger partial charge in [0.25, 0.3) is 5.91 Å². The molecule has 0 heterocycles. The Morgan fingerprint density at radius 3 is 2.41 bits per heavy atom. The van der Waals surface area contributed by atoms with Crippen molar-refractivity contribution in [2.45, 2.75) is 6.92 Å². The summed E-state index contributed by atoms with van der Waals surface area (Å²) in [6.45, 7) is 2.38. The summed E-state index contributed by atoms with van der Waals surface area (Å²) < 4.78 is 11.1. The van der Waals surface area contributed by atoms with Crippen LogP contribution in [0.2, 0.25) is 0 Å². The highest BCUT2D eigenvalue weighted by atomic mass is 79.9. The summed E-state index contributed by atoms with van der Waals surface area (Å²) in [5, 5.41) is 5.74. The van der Waals surface area contributed by atoms with Gasteiger partial charge in [0, 0.05) is 38.0 Å². The van der Waals surface area contributed by atoms with Crippen LogP contribution in [0.15, 0.2) is 46.9 Å². The minimum absolute atomic E-state index is 0.0604. The minimum atomic E-state index is -0.348. The number of hydrogen-bond donors (Lipinski definition) is 2. The first-order valence-corrected chi connectivity index (χ1v) is 9.90. The Balaban J connectivity index is 1.94. The lowest BCUT2D eigenvalue weighted by Gasteiger charge is -2.16. The van der Waals surface area contributed by atoms with Gasteiger partial charge in [0.1, 0.15) is 12.4 Å². The van der Waals surface area contributed by atoms with E-state index in [2.05, 4.69) is 26.6 Å². The first-order valence-electron chi connectivity index (χ1n) is 8.69. The molecule has 2 aromatic rings. The van der Waals surface area contributed by atoms with Gasteiger partial charge in [-0.25, -0.2) is 0 Å². The van der Waals surface area contributed by atoms with Gasteiger partial charge in [-0.05, 0) is 70.6 Å². The van der Waals surface area contributed by atoms with Crippen LogP contribution in [0, 0.1) is 0 Å². The number of carbonyl (C=O) groups is 2. The number of thiocarbonyl (C=S) groups is 1. The maximum atomic E-state index is 12.4. The van der Waals surface area contributed by atoms with E-state index in [1.54, 1.807) is 56.6 Å². The van der Waals surface area contributed by atoms with E-state index in [0.717, 1.165) is 5.69 Å². The topological polar surface area (TPSA) is 79.9 Å². The second kappa shape index (κ2) is 10.9. The van der Waals surface area contributed by atoms with Crippen molar-refractivity contribution in [2.24, 2.45) is 0 Å². The predicted octanol–water partition coefficient (Wildman–Crippen LogP) is 3.58. The molecule has 7 nitrogen and oxygen atoms in total. The lowest BCUT2D eigenvalue weighted by atomic mass is 10.2. The van der Waals surface area contributed by atoms with Gasteiger partial charge in [-0.15, -0.1) is 0 Å². The lowest BCUT2D eigenvalue weighted by molar-refractivity contribution is -0.116. The Morgan fingerprint density at radius 2 is 1.83 bits per heavy atom. The van der Waals surface area contributed by atoms with Gasteiger partial charge >= 0.3 is 0 Å². The molecule has 2 N–H and O–H groups in total. The summed E-state index contributed by atoms with van der Waals surface area (Å²) in [5.74, 6) is 0.212. The number of benzene rings is 2. The van der Waals surface area contributed by atoms with Crippen molar-refractivity contribution in [3.8, 4) is 5.75 Å². The second-order valence-electron chi connectivity index (χ2n) is 6.02. The van der Waals surface area contributed by atoms with E-state index in [1.165, 1.54) is 11.8 Å². The van der Waals surface area contributed by atoms with Crippen molar-refractivity contribution in [2.75, 3.05) is 37.6 Å². The van der Waals surface area contributed by atoms with E-state index in [4.69, 9.17) is 21.7 Å². The lowest BCUT2D eigenvalue weighted by Crippen LogP contribution is -2.34. The highest BCUT2D eigenvalue weighted by Crippen LogP contribution is 2.26. The number of nitrogens with zero attached hydrogens (tertiary/aromatic N) is 1. The van der Waals surface area contributed by atoms with E-state index in [1.807, 2.05) is 0 Å². The average Bonchev–Trinajstić information content (AvgIpc) is 2.69. The van der Waals surface area contributed by atoms with E-state index >= 15 is 0 Å². The van der Waals surface area contributed by atoms with Gasteiger partial charge in [-0.1, -0.05) is 0 Å². The fourth-order valence-corrected chi connectivity index (χ4v) is 2.99. The number of amides is 2. The molecular weight excluding hydrogens is 458 g/mol. The molecule has 0 aliphatic heterocycles. The van der Waals surface area contributed by atoms with Crippen LogP contribution in [-0.4, -0.2) is 44.3 Å². The van der Waals surface area contributed by atoms with Crippen LogP contribution in [0.3, 0.4) is 0 Å². The molecule has 0 radical (unpaired) electrons. The Labute approximate surface area is 183 Å². The molecule has 0 saturated carbocycles. The molecule has 0 aliphatic rings. The van der Waals surface area contributed by atoms with Crippen molar-refractivity contribution in [1.29, 1.82) is 0 Å². The number of halogens is 1. The van der Waals surface area contributed by atoms with Crippen molar-refractivity contribution in [3.05, 3.63) is 52.5 Å². The quantitative estimate of drug-likeness (QED) is 0.466. The molecule has 0 spiro atoms. The summed E-state index contributed by atoms with van der Waals surface area (Å²) in [6.07, 6.45) is 0. The molecule has 0 unspecified atom stereocenters. The van der Waals surface area contributed by atoms with E-state index in [0.29, 0.717) is 34.7 Å². The zero-order valence-electron chi connectivity index (χ0n) is 16.3. The van der Waals surface area contributed by atoms with Gasteiger partial charge < -0.3 is 19.7 Å². The van der Waals surface area contributed by atoms with Crippen LogP contribution in [-0.2, 0) is 9.53 Å². The first kappa shape index (κ1) is 22.8. The standard InChI is InChI=1S/C20H22BrN3O4S/c1-13(25)24(2)16-7-5-15(6-8-16)22-20(29)23-19(26)14-4-9-18(17(21)12-14)28-11-10-27-3/h4-9,12H,10-11H2,1-3H3,(H2,22,23,26,29). The molecule has 0 aromatic heterocycles. The number of hydrogen-bond acceptors (Lipinski definition) is 5. The fraction of sp³-hybridized carbons (Fsp3) is 0.250. The van der Waals surface area contributed by atoms with Crippen LogP contribution < -0.4 is 20.3 Å². The maximum absolute atomic E-state index is 12.4. The first-order chi connectivity index (χ1) is 13.8. The molecule has 0 fully saturated rings. The third-order valence-electron chi connectivity index (χ3n) is 3.95. The van der Waals surface area contributed by atoms with E-state index < -0.39 is 0 Å². The molecule has 2 amide bonds. The zero-order valence-corrected chi connectivity index (χ0v) is 18.7. The summed E-state index contributed by atoms with van der Waals surface area (Å²) >= 11 is 8.60. The van der Waals surface area contributed by atoms with Gasteiger partial charge in [-0.3, -0.25) is 14.9 Å². The van der Waals surface area contributed by atoms with Gasteiger partial charge in [-0.2, -0.15) is 0 Å². The molecule has 0 atom stereocenters. The largest absolute Gasteiger partial charge is 0.490 e. The summed E-state index contributed by atoms with van der Waals surface area (Å²) in [5.41, 5.74) is 1.88. The maximum Gasteiger partial charge on any atom is 0.257 e. The molecule has 2 rings (SSSR count). The fourth-order valence-electron chi connectivity index (χ4n) is 2.28. The highest BCUT2D eigenvalue weighted by Gasteiger charge is 2.11. The monoisotopic (exact) mass is 479 g/mol. The van der Waals surface area contributed by atoms with Crippen LogP contribution >= 0.6 is 28.1 Å². The summed E-state index contributed by atoms with van der Waals surface area (Å²) in [4.78, 5) is 25.4. The number of nitrogens with one attached hydrogen (secondary N) is 2. The number of anilines is 2. The molecular formula is C20H22BrN3O4S. The Hall–Kier alpha value is -2.49. The van der Waals surface area contributed by atoms with Crippen LogP contribution in [0.4, 0.5) is 11.4 Å². The summed E-state index contributed by atoms with van der Waals surface area (Å²) in [6, 6.07) is 12.1. The Kier molecular flexibility index (Phi) is 8.56. The number of rotatable bonds is 7. The average molecular weight is 480 g/mol. The number of carbonyl (C=O) groups excluding carboxylic acids is 2. The Morgan fingerprint density at radius 1 is 1.14 bits per heavy atom. The highest BCUT2D eigenvalue weighted by molar-refractivity contribution is 9.10. The second-order valence-corrected chi connectivity index (χ2v) is 7.28. The molecule has 0 saturated heterocycles. The smallest absolute Gasteiger partial charge is 0.257 e. The molecule has 9 heteroatoms. The third kappa shape index (κ3) is 6.81. The number of methoxy groups -OCH3 is 1.